The van der Waals surface area contributed by atoms with E-state index in [0.717, 1.165) is 44.2 Å². The summed E-state index contributed by atoms with van der Waals surface area (Å²) >= 11 is 0. The smallest absolute Gasteiger partial charge is 0.419 e. The third kappa shape index (κ3) is 8.43. The lowest BCUT2D eigenvalue weighted by atomic mass is 9.84. The normalized spacial score (nSPS) is 17.7. The summed E-state index contributed by atoms with van der Waals surface area (Å²) in [5.41, 5.74) is -0.944. The van der Waals surface area contributed by atoms with Gasteiger partial charge in [-0.3, -0.25) is 15.0 Å². The van der Waals surface area contributed by atoms with E-state index < -0.39 is 35.3 Å². The monoisotopic (exact) mass is 523 g/mol. The van der Waals surface area contributed by atoms with Gasteiger partial charge in [0.1, 0.15) is 29.9 Å². The lowest BCUT2D eigenvalue weighted by Crippen LogP contribution is -2.79. The number of carbonyl (C=O) groups excluding carboxylic acids is 2. The van der Waals surface area contributed by atoms with Gasteiger partial charge in [0.25, 0.3) is 5.91 Å². The molecule has 0 aromatic heterocycles. The summed E-state index contributed by atoms with van der Waals surface area (Å²) in [6.45, 7) is 1.06. The number of nitrogens with two attached hydrogens (primary N) is 1. The van der Waals surface area contributed by atoms with Crippen molar-refractivity contribution in [3.05, 3.63) is 53.9 Å². The predicted octanol–water partition coefficient (Wildman–Crippen LogP) is 2.97. The number of rotatable bonds is 11. The van der Waals surface area contributed by atoms with E-state index in [1.165, 1.54) is 29.2 Å². The molecular weight excluding hydrogens is 489 g/mol. The second-order valence-corrected chi connectivity index (χ2v) is 9.21. The van der Waals surface area contributed by atoms with Crippen molar-refractivity contribution in [1.29, 1.82) is 5.41 Å². The fraction of sp³-hybridized carbons (Fsp3) is 0.500. The Labute approximate surface area is 214 Å². The maximum atomic E-state index is 13.4. The fourth-order valence-corrected chi connectivity index (χ4v) is 4.59. The molecule has 202 valence electrons. The van der Waals surface area contributed by atoms with E-state index in [2.05, 4.69) is 5.32 Å². The van der Waals surface area contributed by atoms with Crippen molar-refractivity contribution in [1.82, 2.24) is 10.2 Å². The summed E-state index contributed by atoms with van der Waals surface area (Å²) in [6, 6.07) is 3.91. The summed E-state index contributed by atoms with van der Waals surface area (Å²) in [6.07, 6.45) is 5.11. The molecule has 0 radical (unpaired) electrons. The number of benzene rings is 1. The average molecular weight is 524 g/mol. The number of carbonyl (C=O) groups is 2. The van der Waals surface area contributed by atoms with Gasteiger partial charge in [0.15, 0.2) is 0 Å². The first-order valence-electron chi connectivity index (χ1n) is 12.4. The highest BCUT2D eigenvalue weighted by Crippen LogP contribution is 2.37. The number of nitrogens with zero attached hydrogens (tertiary/aromatic N) is 1. The Morgan fingerprint density at radius 2 is 2.00 bits per heavy atom. The van der Waals surface area contributed by atoms with Crippen LogP contribution in [-0.2, 0) is 20.5 Å². The molecular formula is C26H34F3N4O4+. The lowest BCUT2D eigenvalue weighted by Gasteiger charge is -2.31. The number of halogens is 3. The van der Waals surface area contributed by atoms with E-state index >= 15 is 0 Å². The number of hydrogen-bond donors (Lipinski definition) is 3. The zero-order chi connectivity index (χ0) is 26.8. The Balaban J connectivity index is 1.71. The van der Waals surface area contributed by atoms with Gasteiger partial charge >= 0.3 is 6.18 Å². The average Bonchev–Trinajstić information content (AvgIpc) is 3.22. The first-order valence-corrected chi connectivity index (χ1v) is 12.4. The topological polar surface area (TPSA) is 108 Å². The number of ether oxygens (including phenoxy) is 2. The van der Waals surface area contributed by atoms with E-state index in [1.54, 1.807) is 18.6 Å². The van der Waals surface area contributed by atoms with Gasteiger partial charge < -0.3 is 25.0 Å². The molecule has 0 bridgehead atoms. The third-order valence-electron chi connectivity index (χ3n) is 6.43. The molecule has 4 N–H and O–H groups in total. The van der Waals surface area contributed by atoms with Crippen LogP contribution in [0.25, 0.3) is 0 Å². The van der Waals surface area contributed by atoms with Crippen LogP contribution in [-0.4, -0.2) is 55.4 Å². The van der Waals surface area contributed by atoms with E-state index in [1.807, 2.05) is 0 Å². The SMILES string of the molecule is COCC[NH2+]C=CC(=N)NC(=O)C(CC1CCCCC1)N1CC(Oc2ccccc2C(F)(F)F)=CC1=O. The van der Waals surface area contributed by atoms with Crippen LogP contribution in [0.1, 0.15) is 44.1 Å². The summed E-state index contributed by atoms with van der Waals surface area (Å²) in [5, 5.41) is 12.4. The number of hydrogen-bond acceptors (Lipinski definition) is 5. The van der Waals surface area contributed by atoms with Gasteiger partial charge in [-0.15, -0.1) is 0 Å². The van der Waals surface area contributed by atoms with Crippen LogP contribution < -0.4 is 15.4 Å². The van der Waals surface area contributed by atoms with Gasteiger partial charge in [-0.2, -0.15) is 13.2 Å². The molecule has 3 rings (SSSR count). The first-order chi connectivity index (χ1) is 17.7. The minimum Gasteiger partial charge on any atom is -0.459 e. The zero-order valence-electron chi connectivity index (χ0n) is 20.9. The zero-order valence-corrected chi connectivity index (χ0v) is 20.9. The van der Waals surface area contributed by atoms with Crippen LogP contribution in [0.4, 0.5) is 13.2 Å². The van der Waals surface area contributed by atoms with Gasteiger partial charge in [-0.05, 0) is 24.5 Å². The second kappa shape index (κ2) is 13.4. The number of nitrogens with one attached hydrogen (secondary N) is 2. The molecule has 1 aromatic rings. The molecule has 1 saturated carbocycles. The summed E-state index contributed by atoms with van der Waals surface area (Å²) in [7, 11) is 1.59. The summed E-state index contributed by atoms with van der Waals surface area (Å²) < 4.78 is 50.6. The second-order valence-electron chi connectivity index (χ2n) is 9.21. The minimum atomic E-state index is -4.61. The Hall–Kier alpha value is -3.18. The molecule has 1 aliphatic carbocycles. The Kier molecular flexibility index (Phi) is 10.3. The molecule has 1 aromatic carbocycles. The van der Waals surface area contributed by atoms with Crippen molar-refractivity contribution in [2.45, 2.75) is 50.7 Å². The van der Waals surface area contributed by atoms with E-state index in [4.69, 9.17) is 14.9 Å². The number of methoxy groups -OCH3 is 1. The molecule has 2 aliphatic rings. The highest BCUT2D eigenvalue weighted by Gasteiger charge is 2.38. The van der Waals surface area contributed by atoms with Crippen LogP contribution in [0.3, 0.4) is 0 Å². The number of para-hydroxylation sites is 1. The molecule has 11 heteroatoms. The standard InChI is InChI=1S/C26H33F3N4O4/c1-36-14-13-31-12-11-23(30)32-25(35)21(15-18-7-3-2-4-8-18)33-17-19(16-24(33)34)37-22-10-6-5-9-20(22)26(27,28)29/h5-6,9-12,16,18,21,31H,2-4,7-8,13-15,17H2,1H3,(H2,30,32,35)/p+1. The van der Waals surface area contributed by atoms with Crippen LogP contribution in [0.5, 0.6) is 5.75 Å². The first kappa shape index (κ1) is 28.4. The molecule has 1 unspecified atom stereocenters. The maximum absolute atomic E-state index is 13.4. The molecule has 1 aliphatic heterocycles. The van der Waals surface area contributed by atoms with Crippen LogP contribution >= 0.6 is 0 Å². The van der Waals surface area contributed by atoms with E-state index in [0.29, 0.717) is 19.6 Å². The van der Waals surface area contributed by atoms with Gasteiger partial charge in [0, 0.05) is 19.3 Å². The van der Waals surface area contributed by atoms with Gasteiger partial charge in [-0.1, -0.05) is 44.2 Å². The lowest BCUT2D eigenvalue weighted by molar-refractivity contribution is -0.589. The fourth-order valence-electron chi connectivity index (χ4n) is 4.59. The number of quaternary nitrogens is 1. The van der Waals surface area contributed by atoms with Crippen molar-refractivity contribution in [3.63, 3.8) is 0 Å². The number of amides is 2. The highest BCUT2D eigenvalue weighted by atomic mass is 19.4. The highest BCUT2D eigenvalue weighted by molar-refractivity contribution is 6.05. The molecule has 8 nitrogen and oxygen atoms in total. The molecule has 0 saturated heterocycles. The van der Waals surface area contributed by atoms with Crippen molar-refractivity contribution < 1.29 is 37.6 Å². The van der Waals surface area contributed by atoms with Crippen molar-refractivity contribution in [3.8, 4) is 5.75 Å². The molecule has 1 heterocycles. The van der Waals surface area contributed by atoms with Crippen LogP contribution in [0.2, 0.25) is 0 Å². The van der Waals surface area contributed by atoms with Gasteiger partial charge in [-0.25, -0.2) is 0 Å². The summed E-state index contributed by atoms with van der Waals surface area (Å²) in [5.74, 6) is -1.27. The number of amidine groups is 1. The molecule has 37 heavy (non-hydrogen) atoms. The van der Waals surface area contributed by atoms with Crippen molar-refractivity contribution in [2.75, 3.05) is 26.8 Å². The van der Waals surface area contributed by atoms with Crippen LogP contribution in [0.15, 0.2) is 48.4 Å². The van der Waals surface area contributed by atoms with Gasteiger partial charge in [0.2, 0.25) is 5.91 Å². The quantitative estimate of drug-likeness (QED) is 0.235. The molecule has 0 spiro atoms. The van der Waals surface area contributed by atoms with E-state index in [-0.39, 0.29) is 24.1 Å². The van der Waals surface area contributed by atoms with Crippen molar-refractivity contribution in [2.24, 2.45) is 5.92 Å². The molecule has 2 amide bonds. The van der Waals surface area contributed by atoms with Crippen LogP contribution in [0, 0.1) is 11.3 Å². The summed E-state index contributed by atoms with van der Waals surface area (Å²) in [4.78, 5) is 27.4. The Morgan fingerprint density at radius 3 is 2.70 bits per heavy atom. The molecule has 1 fully saturated rings. The predicted molar refractivity (Wildman–Crippen MR) is 131 cm³/mol. The van der Waals surface area contributed by atoms with E-state index in [9.17, 15) is 22.8 Å². The number of alkyl halides is 3. The largest absolute Gasteiger partial charge is 0.459 e. The Morgan fingerprint density at radius 1 is 1.27 bits per heavy atom. The molecule has 1 atom stereocenters. The van der Waals surface area contributed by atoms with Gasteiger partial charge in [0.05, 0.1) is 24.9 Å². The third-order valence-corrected chi connectivity index (χ3v) is 6.43. The maximum Gasteiger partial charge on any atom is 0.419 e. The minimum absolute atomic E-state index is 0.0332. The van der Waals surface area contributed by atoms with Crippen molar-refractivity contribution >= 4 is 17.6 Å². The Bertz CT molecular complexity index is 1020.